The van der Waals surface area contributed by atoms with Crippen molar-refractivity contribution in [3.8, 4) is 0 Å². The Labute approximate surface area is 122 Å². The normalized spacial score (nSPS) is 26.0. The summed E-state index contributed by atoms with van der Waals surface area (Å²) in [7, 11) is 0. The van der Waals surface area contributed by atoms with Gasteiger partial charge in [-0.3, -0.25) is 9.59 Å². The summed E-state index contributed by atoms with van der Waals surface area (Å²) in [5, 5.41) is 0. The molecule has 0 aromatic carbocycles. The quantitative estimate of drug-likeness (QED) is 0.687. The molecule has 4 unspecified atom stereocenters. The molecular formula is C16H28O4. The third-order valence-corrected chi connectivity index (χ3v) is 4.15. The average Bonchev–Trinajstić information content (AvgIpc) is 2.42. The molecule has 0 radical (unpaired) electrons. The Morgan fingerprint density at radius 1 is 0.900 bits per heavy atom. The predicted molar refractivity (Wildman–Crippen MR) is 77.6 cm³/mol. The van der Waals surface area contributed by atoms with Gasteiger partial charge in [-0.15, -0.1) is 0 Å². The van der Waals surface area contributed by atoms with Gasteiger partial charge in [0.25, 0.3) is 0 Å². The molecule has 1 aliphatic rings. The Balaban J connectivity index is 2.41. The van der Waals surface area contributed by atoms with Crippen molar-refractivity contribution in [2.75, 3.05) is 13.2 Å². The zero-order chi connectivity index (χ0) is 15.1. The molecule has 0 aromatic rings. The van der Waals surface area contributed by atoms with Crippen LogP contribution < -0.4 is 0 Å². The summed E-state index contributed by atoms with van der Waals surface area (Å²) in [6, 6.07) is 0. The van der Waals surface area contributed by atoms with Gasteiger partial charge in [0.1, 0.15) is 11.6 Å². The number of rotatable bonds is 8. The third-order valence-electron chi connectivity index (χ3n) is 4.15. The van der Waals surface area contributed by atoms with Crippen molar-refractivity contribution in [2.45, 2.75) is 65.6 Å². The van der Waals surface area contributed by atoms with E-state index in [4.69, 9.17) is 9.47 Å². The smallest absolute Gasteiger partial charge is 0.134 e. The third kappa shape index (κ3) is 5.71. The molecule has 0 heterocycles. The molecule has 0 bridgehead atoms. The van der Waals surface area contributed by atoms with Crippen LogP contribution in [0.4, 0.5) is 0 Å². The summed E-state index contributed by atoms with van der Waals surface area (Å²) in [4.78, 5) is 22.5. The highest BCUT2D eigenvalue weighted by atomic mass is 16.5. The van der Waals surface area contributed by atoms with E-state index in [1.165, 1.54) is 0 Å². The van der Waals surface area contributed by atoms with Crippen LogP contribution in [0.25, 0.3) is 0 Å². The zero-order valence-electron chi connectivity index (χ0n) is 13.2. The largest absolute Gasteiger partial charge is 0.375 e. The van der Waals surface area contributed by atoms with Crippen molar-refractivity contribution >= 4 is 11.6 Å². The number of ether oxygens (including phenoxy) is 2. The summed E-state index contributed by atoms with van der Waals surface area (Å²) in [5.41, 5.74) is 0. The minimum Gasteiger partial charge on any atom is -0.375 e. The van der Waals surface area contributed by atoms with E-state index in [1.807, 2.05) is 13.8 Å². The van der Waals surface area contributed by atoms with E-state index in [-0.39, 0.29) is 35.6 Å². The maximum absolute atomic E-state index is 11.2. The summed E-state index contributed by atoms with van der Waals surface area (Å²) in [6.45, 7) is 7.89. The topological polar surface area (TPSA) is 52.6 Å². The van der Waals surface area contributed by atoms with E-state index in [1.54, 1.807) is 13.8 Å². The molecule has 0 spiro atoms. The van der Waals surface area contributed by atoms with Gasteiger partial charge in [0.05, 0.1) is 25.4 Å². The van der Waals surface area contributed by atoms with Gasteiger partial charge in [-0.2, -0.15) is 0 Å². The highest BCUT2D eigenvalue weighted by Crippen LogP contribution is 2.25. The summed E-state index contributed by atoms with van der Waals surface area (Å²) < 4.78 is 11.8. The Bertz CT molecular complexity index is 294. The van der Waals surface area contributed by atoms with Gasteiger partial charge in [-0.1, -0.05) is 26.7 Å². The molecule has 1 saturated carbocycles. The van der Waals surface area contributed by atoms with Crippen LogP contribution in [0.5, 0.6) is 0 Å². The standard InChI is InChI=1S/C16H28O4/c1-11(13(3)17)9-19-15-7-5-6-8-16(15)20-10-12(2)14(4)18/h11-12,15-16H,5-10H2,1-4H3. The molecule has 4 heteroatoms. The number of carbonyl (C=O) groups excluding carboxylic acids is 2. The van der Waals surface area contributed by atoms with Crippen LogP contribution in [0.1, 0.15) is 53.4 Å². The molecule has 0 aliphatic heterocycles. The van der Waals surface area contributed by atoms with Crippen molar-refractivity contribution < 1.29 is 19.1 Å². The van der Waals surface area contributed by atoms with Crippen LogP contribution in [-0.4, -0.2) is 37.0 Å². The highest BCUT2D eigenvalue weighted by Gasteiger charge is 2.28. The summed E-state index contributed by atoms with van der Waals surface area (Å²) >= 11 is 0. The minimum absolute atomic E-state index is 0.0599. The number of carbonyl (C=O) groups is 2. The SMILES string of the molecule is CC(=O)C(C)COC1CCCCC1OCC(C)C(C)=O. The average molecular weight is 284 g/mol. The lowest BCUT2D eigenvalue weighted by molar-refractivity contribution is -0.133. The molecule has 4 nitrogen and oxygen atoms in total. The Hall–Kier alpha value is -0.740. The second-order valence-corrected chi connectivity index (χ2v) is 6.05. The summed E-state index contributed by atoms with van der Waals surface area (Å²) in [6.07, 6.45) is 4.35. The molecule has 0 saturated heterocycles. The second kappa shape index (κ2) is 8.53. The van der Waals surface area contributed by atoms with Gasteiger partial charge in [-0.25, -0.2) is 0 Å². The first-order valence-corrected chi connectivity index (χ1v) is 7.66. The molecule has 0 aromatic heterocycles. The molecule has 20 heavy (non-hydrogen) atoms. The lowest BCUT2D eigenvalue weighted by Gasteiger charge is -2.32. The molecule has 0 amide bonds. The summed E-state index contributed by atoms with van der Waals surface area (Å²) in [5.74, 6) is 0.189. The molecular weight excluding hydrogens is 256 g/mol. The van der Waals surface area contributed by atoms with Gasteiger partial charge in [-0.05, 0) is 26.7 Å². The predicted octanol–water partition coefficient (Wildman–Crippen LogP) is 2.78. The van der Waals surface area contributed by atoms with Gasteiger partial charge >= 0.3 is 0 Å². The second-order valence-electron chi connectivity index (χ2n) is 6.05. The highest BCUT2D eigenvalue weighted by molar-refractivity contribution is 5.78. The Kier molecular flexibility index (Phi) is 7.38. The molecule has 1 aliphatic carbocycles. The minimum atomic E-state index is -0.0614. The fraction of sp³-hybridized carbons (Fsp3) is 0.875. The maximum Gasteiger partial charge on any atom is 0.134 e. The lowest BCUT2D eigenvalue weighted by atomic mass is 9.94. The molecule has 0 N–H and O–H groups in total. The van der Waals surface area contributed by atoms with Crippen LogP contribution >= 0.6 is 0 Å². The van der Waals surface area contributed by atoms with E-state index in [0.717, 1.165) is 25.7 Å². The Morgan fingerprint density at radius 3 is 1.55 bits per heavy atom. The monoisotopic (exact) mass is 284 g/mol. The maximum atomic E-state index is 11.2. The van der Waals surface area contributed by atoms with E-state index in [0.29, 0.717) is 13.2 Å². The number of Topliss-reactive ketones (excluding diaryl/α,β-unsaturated/α-hetero) is 2. The van der Waals surface area contributed by atoms with Gasteiger partial charge in [0.15, 0.2) is 0 Å². The van der Waals surface area contributed by atoms with Crippen molar-refractivity contribution in [2.24, 2.45) is 11.8 Å². The van der Waals surface area contributed by atoms with Gasteiger partial charge in [0, 0.05) is 11.8 Å². The van der Waals surface area contributed by atoms with Gasteiger partial charge in [0.2, 0.25) is 0 Å². The van der Waals surface area contributed by atoms with Crippen molar-refractivity contribution in [3.05, 3.63) is 0 Å². The van der Waals surface area contributed by atoms with Crippen molar-refractivity contribution in [3.63, 3.8) is 0 Å². The molecule has 116 valence electrons. The number of ketones is 2. The van der Waals surface area contributed by atoms with Crippen molar-refractivity contribution in [1.82, 2.24) is 0 Å². The lowest BCUT2D eigenvalue weighted by Crippen LogP contribution is -2.37. The van der Waals surface area contributed by atoms with Crippen LogP contribution in [-0.2, 0) is 19.1 Å². The van der Waals surface area contributed by atoms with Crippen LogP contribution in [0, 0.1) is 11.8 Å². The first-order chi connectivity index (χ1) is 9.41. The van der Waals surface area contributed by atoms with E-state index < -0.39 is 0 Å². The van der Waals surface area contributed by atoms with Crippen LogP contribution in [0.15, 0.2) is 0 Å². The first kappa shape index (κ1) is 17.3. The van der Waals surface area contributed by atoms with Gasteiger partial charge < -0.3 is 9.47 Å². The number of hydrogen-bond acceptors (Lipinski definition) is 4. The van der Waals surface area contributed by atoms with Crippen LogP contribution in [0.2, 0.25) is 0 Å². The zero-order valence-corrected chi connectivity index (χ0v) is 13.2. The van der Waals surface area contributed by atoms with Crippen LogP contribution in [0.3, 0.4) is 0 Å². The fourth-order valence-corrected chi connectivity index (χ4v) is 2.21. The van der Waals surface area contributed by atoms with E-state index >= 15 is 0 Å². The number of hydrogen-bond donors (Lipinski definition) is 0. The Morgan fingerprint density at radius 2 is 1.25 bits per heavy atom. The molecule has 4 atom stereocenters. The molecule has 1 fully saturated rings. The van der Waals surface area contributed by atoms with E-state index in [9.17, 15) is 9.59 Å². The first-order valence-electron chi connectivity index (χ1n) is 7.66. The van der Waals surface area contributed by atoms with E-state index in [2.05, 4.69) is 0 Å². The fourth-order valence-electron chi connectivity index (χ4n) is 2.21. The van der Waals surface area contributed by atoms with Crippen molar-refractivity contribution in [1.29, 1.82) is 0 Å². The molecule has 1 rings (SSSR count).